The minimum absolute atomic E-state index is 0.111. The van der Waals surface area contributed by atoms with Gasteiger partial charge in [-0.25, -0.2) is 4.79 Å². The molecule has 2 atom stereocenters. The smallest absolute Gasteiger partial charge is 0.407 e. The summed E-state index contributed by atoms with van der Waals surface area (Å²) >= 11 is 5.54. The molecule has 0 aliphatic heterocycles. The average Bonchev–Trinajstić information content (AvgIpc) is 2.68. The van der Waals surface area contributed by atoms with Crippen LogP contribution in [0.5, 0.6) is 0 Å². The van der Waals surface area contributed by atoms with E-state index < -0.39 is 0 Å². The molecule has 4 nitrogen and oxygen atoms in total. The number of carbonyl (C=O) groups is 1. The van der Waals surface area contributed by atoms with Crippen LogP contribution in [0.2, 0.25) is 0 Å². The first-order chi connectivity index (χ1) is 13.1. The van der Waals surface area contributed by atoms with Crippen LogP contribution in [-0.4, -0.2) is 23.2 Å². The number of hydrogen-bond donors (Lipinski definition) is 2. The molecule has 2 N–H and O–H groups in total. The molecular formula is C22H26N2O2S. The van der Waals surface area contributed by atoms with Gasteiger partial charge in [-0.05, 0) is 38.2 Å². The third-order valence-corrected chi connectivity index (χ3v) is 5.21. The molecule has 1 aliphatic rings. The molecule has 0 spiro atoms. The number of hydrogen-bond acceptors (Lipinski definition) is 3. The standard InChI is InChI=1S/C22H26N2O2S/c1-16-10-12-18(13-11-16)21(27)23-19-8-5-9-20(14-19)24-22(25)26-15-17-6-3-2-4-7-17/h2-4,6-7,10-13,19-20H,5,8-9,14-15H2,1H3,(H,23,27)(H,24,25). The second-order valence-electron chi connectivity index (χ2n) is 7.11. The van der Waals surface area contributed by atoms with Crippen molar-refractivity contribution >= 4 is 23.3 Å². The van der Waals surface area contributed by atoms with Gasteiger partial charge in [0.2, 0.25) is 0 Å². The van der Waals surface area contributed by atoms with Crippen molar-refractivity contribution in [3.8, 4) is 0 Å². The van der Waals surface area contributed by atoms with Crippen LogP contribution < -0.4 is 10.6 Å². The molecule has 1 aliphatic carbocycles. The first-order valence-electron chi connectivity index (χ1n) is 9.45. The summed E-state index contributed by atoms with van der Waals surface area (Å²) < 4.78 is 5.33. The number of thiocarbonyl (C=S) groups is 1. The van der Waals surface area contributed by atoms with Crippen molar-refractivity contribution in [2.75, 3.05) is 0 Å². The first kappa shape index (κ1) is 19.4. The number of aryl methyl sites for hydroxylation is 1. The average molecular weight is 383 g/mol. The van der Waals surface area contributed by atoms with Crippen LogP contribution in [0.4, 0.5) is 4.79 Å². The predicted molar refractivity (Wildman–Crippen MR) is 112 cm³/mol. The molecule has 27 heavy (non-hydrogen) atoms. The number of benzene rings is 2. The summed E-state index contributed by atoms with van der Waals surface area (Å²) in [5, 5.41) is 6.45. The SMILES string of the molecule is Cc1ccc(C(=S)NC2CCCC(NC(=O)OCc3ccccc3)C2)cc1. The summed E-state index contributed by atoms with van der Waals surface area (Å²) in [5.41, 5.74) is 3.24. The highest BCUT2D eigenvalue weighted by Crippen LogP contribution is 2.19. The fraction of sp³-hybridized carbons (Fsp3) is 0.364. The topological polar surface area (TPSA) is 50.4 Å². The lowest BCUT2D eigenvalue weighted by Crippen LogP contribution is -2.45. The molecule has 0 saturated heterocycles. The highest BCUT2D eigenvalue weighted by atomic mass is 32.1. The van der Waals surface area contributed by atoms with E-state index in [1.54, 1.807) is 0 Å². The van der Waals surface area contributed by atoms with Crippen LogP contribution in [0.1, 0.15) is 42.4 Å². The Morgan fingerprint density at radius 3 is 2.41 bits per heavy atom. The van der Waals surface area contributed by atoms with Gasteiger partial charge in [-0.15, -0.1) is 0 Å². The zero-order chi connectivity index (χ0) is 19.1. The van der Waals surface area contributed by atoms with Crippen LogP contribution in [0.25, 0.3) is 0 Å². The molecule has 1 fully saturated rings. The Balaban J connectivity index is 1.45. The van der Waals surface area contributed by atoms with Crippen molar-refractivity contribution in [1.82, 2.24) is 10.6 Å². The van der Waals surface area contributed by atoms with Crippen molar-refractivity contribution < 1.29 is 9.53 Å². The molecule has 1 saturated carbocycles. The van der Waals surface area contributed by atoms with Gasteiger partial charge < -0.3 is 15.4 Å². The van der Waals surface area contributed by atoms with Gasteiger partial charge in [0, 0.05) is 17.6 Å². The fourth-order valence-electron chi connectivity index (χ4n) is 3.36. The normalized spacial score (nSPS) is 19.1. The Morgan fingerprint density at radius 2 is 1.70 bits per heavy atom. The molecule has 142 valence electrons. The van der Waals surface area contributed by atoms with Crippen LogP contribution in [-0.2, 0) is 11.3 Å². The van der Waals surface area contributed by atoms with E-state index in [1.807, 2.05) is 42.5 Å². The molecule has 0 bridgehead atoms. The monoisotopic (exact) mass is 382 g/mol. The molecule has 0 radical (unpaired) electrons. The van der Waals surface area contributed by atoms with Crippen molar-refractivity contribution in [2.45, 2.75) is 51.3 Å². The Labute approximate surface area is 166 Å². The predicted octanol–water partition coefficient (Wildman–Crippen LogP) is 4.50. The second kappa shape index (κ2) is 9.51. The molecule has 2 unspecified atom stereocenters. The van der Waals surface area contributed by atoms with Gasteiger partial charge >= 0.3 is 6.09 Å². The van der Waals surface area contributed by atoms with Gasteiger partial charge in [0.05, 0.1) is 0 Å². The van der Waals surface area contributed by atoms with Crippen LogP contribution >= 0.6 is 12.2 Å². The third-order valence-electron chi connectivity index (χ3n) is 4.86. The third kappa shape index (κ3) is 6.07. The highest BCUT2D eigenvalue weighted by Gasteiger charge is 2.24. The number of alkyl carbamates (subject to hydrolysis) is 1. The van der Waals surface area contributed by atoms with Crippen LogP contribution in [0.3, 0.4) is 0 Å². The summed E-state index contributed by atoms with van der Waals surface area (Å²) in [6.07, 6.45) is 3.58. The lowest BCUT2D eigenvalue weighted by atomic mass is 9.91. The maximum atomic E-state index is 12.1. The maximum absolute atomic E-state index is 12.1. The van der Waals surface area contributed by atoms with E-state index in [9.17, 15) is 4.79 Å². The van der Waals surface area contributed by atoms with Crippen molar-refractivity contribution in [3.63, 3.8) is 0 Å². The van der Waals surface area contributed by atoms with Gasteiger partial charge in [0.15, 0.2) is 0 Å². The summed E-state index contributed by atoms with van der Waals surface area (Å²) in [5.74, 6) is 0. The van der Waals surface area contributed by atoms with Gasteiger partial charge in [-0.2, -0.15) is 0 Å². The Bertz CT molecular complexity index is 762. The van der Waals surface area contributed by atoms with E-state index in [-0.39, 0.29) is 18.2 Å². The Morgan fingerprint density at radius 1 is 1.04 bits per heavy atom. The van der Waals surface area contributed by atoms with Crippen LogP contribution in [0, 0.1) is 6.92 Å². The zero-order valence-corrected chi connectivity index (χ0v) is 16.4. The van der Waals surface area contributed by atoms with E-state index in [1.165, 1.54) is 5.56 Å². The van der Waals surface area contributed by atoms with Crippen LogP contribution in [0.15, 0.2) is 54.6 Å². The number of carbonyl (C=O) groups excluding carboxylic acids is 1. The van der Waals surface area contributed by atoms with Gasteiger partial charge in [-0.1, -0.05) is 72.4 Å². The molecule has 0 aromatic heterocycles. The summed E-state index contributed by atoms with van der Waals surface area (Å²) in [4.78, 5) is 12.9. The molecule has 2 aromatic rings. The molecule has 1 amide bonds. The van der Waals surface area contributed by atoms with E-state index in [2.05, 4.69) is 29.7 Å². The van der Waals surface area contributed by atoms with Crippen molar-refractivity contribution in [2.24, 2.45) is 0 Å². The molecule has 0 heterocycles. The molecule has 5 heteroatoms. The lowest BCUT2D eigenvalue weighted by Gasteiger charge is -2.30. The quantitative estimate of drug-likeness (QED) is 0.748. The number of ether oxygens (including phenoxy) is 1. The zero-order valence-electron chi connectivity index (χ0n) is 15.6. The van der Waals surface area contributed by atoms with E-state index in [4.69, 9.17) is 17.0 Å². The molecule has 3 rings (SSSR count). The van der Waals surface area contributed by atoms with E-state index in [0.29, 0.717) is 6.61 Å². The van der Waals surface area contributed by atoms with Gasteiger partial charge in [0.1, 0.15) is 11.6 Å². The van der Waals surface area contributed by atoms with E-state index in [0.717, 1.165) is 41.8 Å². The van der Waals surface area contributed by atoms with Crippen molar-refractivity contribution in [1.29, 1.82) is 0 Å². The van der Waals surface area contributed by atoms with E-state index >= 15 is 0 Å². The fourth-order valence-corrected chi connectivity index (χ4v) is 3.66. The van der Waals surface area contributed by atoms with Gasteiger partial charge in [0.25, 0.3) is 0 Å². The van der Waals surface area contributed by atoms with Gasteiger partial charge in [-0.3, -0.25) is 0 Å². The Hall–Kier alpha value is -2.40. The number of rotatable bonds is 5. The highest BCUT2D eigenvalue weighted by molar-refractivity contribution is 7.80. The molecular weight excluding hydrogens is 356 g/mol. The largest absolute Gasteiger partial charge is 0.445 e. The lowest BCUT2D eigenvalue weighted by molar-refractivity contribution is 0.132. The Kier molecular flexibility index (Phi) is 6.82. The van der Waals surface area contributed by atoms with Crippen molar-refractivity contribution in [3.05, 3.63) is 71.3 Å². The minimum atomic E-state index is -0.356. The first-order valence-corrected chi connectivity index (χ1v) is 9.86. The summed E-state index contributed by atoms with van der Waals surface area (Å²) in [7, 11) is 0. The number of nitrogens with one attached hydrogen (secondary N) is 2. The number of amides is 1. The maximum Gasteiger partial charge on any atom is 0.407 e. The summed E-state index contributed by atoms with van der Waals surface area (Å²) in [6.45, 7) is 2.35. The summed E-state index contributed by atoms with van der Waals surface area (Å²) in [6, 6.07) is 18.3. The second-order valence-corrected chi connectivity index (χ2v) is 7.51. The molecule has 2 aromatic carbocycles. The minimum Gasteiger partial charge on any atom is -0.445 e.